The maximum Gasteiger partial charge on any atom is 0.0638 e. The van der Waals surface area contributed by atoms with E-state index in [4.69, 9.17) is 46.4 Å². The number of rotatable bonds is 2. The first kappa shape index (κ1) is 15.5. The molecule has 21 heavy (non-hydrogen) atoms. The average Bonchev–Trinajstić information content (AvgIpc) is 3.01. The van der Waals surface area contributed by atoms with E-state index in [1.165, 1.54) is 0 Å². The van der Waals surface area contributed by atoms with E-state index < -0.39 is 0 Å². The van der Waals surface area contributed by atoms with Gasteiger partial charge in [0.1, 0.15) is 0 Å². The molecule has 1 saturated heterocycles. The zero-order valence-corrected chi connectivity index (χ0v) is 14.5. The van der Waals surface area contributed by atoms with Crippen molar-refractivity contribution in [2.24, 2.45) is 0 Å². The van der Waals surface area contributed by atoms with Crippen LogP contribution in [-0.2, 0) is 11.1 Å². The van der Waals surface area contributed by atoms with Gasteiger partial charge in [0.15, 0.2) is 0 Å². The molecular weight excluding hydrogens is 348 g/mol. The zero-order chi connectivity index (χ0) is 15.4. The predicted octanol–water partition coefficient (Wildman–Crippen LogP) is 6.03. The Kier molecular flexibility index (Phi) is 3.71. The Bertz CT molecular complexity index is 669. The highest BCUT2D eigenvalue weighted by Crippen LogP contribution is 2.54. The third-order valence-electron chi connectivity index (χ3n) is 4.43. The largest absolute Gasteiger partial charge is 0.295 e. The van der Waals surface area contributed by atoms with Crippen LogP contribution in [0, 0.1) is 0 Å². The lowest BCUT2D eigenvalue weighted by molar-refractivity contribution is 0.620. The summed E-state index contributed by atoms with van der Waals surface area (Å²) in [4.78, 5) is 0. The molecule has 1 heterocycles. The van der Waals surface area contributed by atoms with Crippen LogP contribution in [-0.4, -0.2) is 0 Å². The van der Waals surface area contributed by atoms with Crippen molar-refractivity contribution in [3.63, 3.8) is 0 Å². The third kappa shape index (κ3) is 2.36. The summed E-state index contributed by atoms with van der Waals surface area (Å²) in [6, 6.07) is 11.4. The van der Waals surface area contributed by atoms with E-state index in [-0.39, 0.29) is 11.1 Å². The van der Waals surface area contributed by atoms with Gasteiger partial charge in [0.05, 0.1) is 31.2 Å². The first-order valence-corrected chi connectivity index (χ1v) is 7.99. The van der Waals surface area contributed by atoms with Crippen LogP contribution in [0.2, 0.25) is 20.1 Å². The van der Waals surface area contributed by atoms with Crippen molar-refractivity contribution in [2.45, 2.75) is 24.9 Å². The summed E-state index contributed by atoms with van der Waals surface area (Å²) < 4.78 is 0. The molecule has 0 spiro atoms. The van der Waals surface area contributed by atoms with Gasteiger partial charge in [-0.25, -0.2) is 0 Å². The average molecular weight is 361 g/mol. The van der Waals surface area contributed by atoms with Crippen LogP contribution in [0.4, 0.5) is 0 Å². The normalized spacial score (nSPS) is 27.7. The lowest BCUT2D eigenvalue weighted by atomic mass is 9.84. The second-order valence-corrected chi connectivity index (χ2v) is 7.26. The molecule has 0 amide bonds. The van der Waals surface area contributed by atoms with E-state index in [2.05, 4.69) is 19.2 Å². The fourth-order valence-electron chi connectivity index (χ4n) is 2.80. The summed E-state index contributed by atoms with van der Waals surface area (Å²) in [5.41, 5.74) is 1.73. The van der Waals surface area contributed by atoms with Gasteiger partial charge in [-0.05, 0) is 49.2 Å². The van der Waals surface area contributed by atoms with Crippen molar-refractivity contribution in [3.05, 3.63) is 67.6 Å². The molecule has 2 atom stereocenters. The maximum atomic E-state index is 6.13. The molecule has 1 nitrogen and oxygen atoms in total. The fraction of sp³-hybridized carbons (Fsp3) is 0.250. The lowest BCUT2D eigenvalue weighted by Crippen LogP contribution is -2.16. The molecule has 3 rings (SSSR count). The molecule has 1 aliphatic rings. The topological polar surface area (TPSA) is 21.9 Å². The molecule has 2 aromatic rings. The number of halogens is 4. The molecule has 0 saturated carbocycles. The summed E-state index contributed by atoms with van der Waals surface area (Å²) in [6.07, 6.45) is 0. The van der Waals surface area contributed by atoms with E-state index in [1.54, 1.807) is 0 Å². The highest BCUT2D eigenvalue weighted by molar-refractivity contribution is 6.42. The minimum absolute atomic E-state index is 0.224. The Morgan fingerprint density at radius 1 is 0.667 bits per heavy atom. The summed E-state index contributed by atoms with van der Waals surface area (Å²) in [5, 5.41) is 5.77. The zero-order valence-electron chi connectivity index (χ0n) is 11.5. The van der Waals surface area contributed by atoms with Crippen LogP contribution in [0.25, 0.3) is 0 Å². The molecule has 0 aliphatic carbocycles. The lowest BCUT2D eigenvalue weighted by Gasteiger charge is -2.17. The highest BCUT2D eigenvalue weighted by atomic mass is 35.5. The van der Waals surface area contributed by atoms with E-state index in [0.29, 0.717) is 20.1 Å². The van der Waals surface area contributed by atoms with Crippen molar-refractivity contribution in [2.75, 3.05) is 0 Å². The van der Waals surface area contributed by atoms with Crippen molar-refractivity contribution < 1.29 is 0 Å². The van der Waals surface area contributed by atoms with Crippen LogP contribution >= 0.6 is 46.4 Å². The summed E-state index contributed by atoms with van der Waals surface area (Å²) in [5.74, 6) is 0. The standard InChI is InChI=1S/C16H13Cl4N/c1-15(9-3-5-11(17)13(19)7-9)16(2,21-15)10-4-6-12(18)14(20)8-10/h3-8,21H,1-2H3. The smallest absolute Gasteiger partial charge is 0.0638 e. The van der Waals surface area contributed by atoms with Gasteiger partial charge in [-0.15, -0.1) is 0 Å². The monoisotopic (exact) mass is 359 g/mol. The molecule has 0 bridgehead atoms. The van der Waals surface area contributed by atoms with Gasteiger partial charge in [-0.2, -0.15) is 0 Å². The Hall–Kier alpha value is -0.440. The van der Waals surface area contributed by atoms with Crippen LogP contribution in [0.3, 0.4) is 0 Å². The molecule has 110 valence electrons. The van der Waals surface area contributed by atoms with E-state index in [0.717, 1.165) is 11.1 Å². The van der Waals surface area contributed by atoms with Crippen LogP contribution in [0.5, 0.6) is 0 Å². The number of nitrogens with one attached hydrogen (secondary N) is 1. The highest BCUT2D eigenvalue weighted by Gasteiger charge is 2.62. The van der Waals surface area contributed by atoms with Gasteiger partial charge in [0.2, 0.25) is 0 Å². The molecule has 0 radical (unpaired) electrons. The van der Waals surface area contributed by atoms with E-state index in [9.17, 15) is 0 Å². The second kappa shape index (κ2) is 5.04. The molecule has 0 aromatic heterocycles. The SMILES string of the molecule is CC1(c2ccc(Cl)c(Cl)c2)NC1(C)c1ccc(Cl)c(Cl)c1. The van der Waals surface area contributed by atoms with Crippen molar-refractivity contribution in [1.29, 1.82) is 0 Å². The minimum Gasteiger partial charge on any atom is -0.295 e. The van der Waals surface area contributed by atoms with Gasteiger partial charge in [-0.3, -0.25) is 5.32 Å². The Morgan fingerprint density at radius 2 is 1.05 bits per heavy atom. The summed E-state index contributed by atoms with van der Waals surface area (Å²) in [6.45, 7) is 4.27. The molecular formula is C16H13Cl4N. The van der Waals surface area contributed by atoms with Gasteiger partial charge < -0.3 is 0 Å². The molecule has 1 N–H and O–H groups in total. The fourth-order valence-corrected chi connectivity index (χ4v) is 3.40. The molecule has 5 heteroatoms. The molecule has 1 fully saturated rings. The minimum atomic E-state index is -0.224. The predicted molar refractivity (Wildman–Crippen MR) is 90.8 cm³/mol. The second-order valence-electron chi connectivity index (χ2n) is 5.63. The quantitative estimate of drug-likeness (QED) is 0.648. The van der Waals surface area contributed by atoms with Gasteiger partial charge in [0, 0.05) is 0 Å². The summed E-state index contributed by atoms with van der Waals surface area (Å²) in [7, 11) is 0. The van der Waals surface area contributed by atoms with E-state index in [1.807, 2.05) is 36.4 Å². The first-order valence-electron chi connectivity index (χ1n) is 6.48. The Balaban J connectivity index is 2.01. The molecule has 2 unspecified atom stereocenters. The van der Waals surface area contributed by atoms with Crippen LogP contribution in [0.1, 0.15) is 25.0 Å². The molecule has 2 aromatic carbocycles. The first-order chi connectivity index (χ1) is 9.78. The van der Waals surface area contributed by atoms with Crippen LogP contribution < -0.4 is 5.32 Å². The number of hydrogen-bond acceptors (Lipinski definition) is 1. The third-order valence-corrected chi connectivity index (χ3v) is 5.91. The Labute approximate surface area is 144 Å². The van der Waals surface area contributed by atoms with Gasteiger partial charge in [-0.1, -0.05) is 58.5 Å². The summed E-state index contributed by atoms with van der Waals surface area (Å²) >= 11 is 24.3. The van der Waals surface area contributed by atoms with Gasteiger partial charge in [0.25, 0.3) is 0 Å². The van der Waals surface area contributed by atoms with Crippen LogP contribution in [0.15, 0.2) is 36.4 Å². The Morgan fingerprint density at radius 3 is 1.38 bits per heavy atom. The molecule has 1 aliphatic heterocycles. The van der Waals surface area contributed by atoms with Crippen molar-refractivity contribution >= 4 is 46.4 Å². The van der Waals surface area contributed by atoms with E-state index >= 15 is 0 Å². The van der Waals surface area contributed by atoms with Gasteiger partial charge >= 0.3 is 0 Å². The van der Waals surface area contributed by atoms with Crippen molar-refractivity contribution in [3.8, 4) is 0 Å². The number of hydrogen-bond donors (Lipinski definition) is 1. The number of benzene rings is 2. The maximum absolute atomic E-state index is 6.13. The van der Waals surface area contributed by atoms with Crippen molar-refractivity contribution in [1.82, 2.24) is 5.32 Å².